The third kappa shape index (κ3) is 4.31. The summed E-state index contributed by atoms with van der Waals surface area (Å²) in [4.78, 5) is 0. The van der Waals surface area contributed by atoms with Gasteiger partial charge in [0.05, 0.1) is 26.4 Å². The van der Waals surface area contributed by atoms with Crippen molar-refractivity contribution in [2.75, 3.05) is 26.4 Å². The van der Waals surface area contributed by atoms with Crippen LogP contribution in [0.3, 0.4) is 0 Å². The molecule has 0 unspecified atom stereocenters. The molecule has 36 heavy (non-hydrogen) atoms. The Morgan fingerprint density at radius 2 is 1.03 bits per heavy atom. The lowest BCUT2D eigenvalue weighted by Crippen LogP contribution is -2.23. The van der Waals surface area contributed by atoms with Crippen molar-refractivity contribution in [3.05, 3.63) is 90.5 Å². The zero-order chi connectivity index (χ0) is 24.3. The smallest absolute Gasteiger partial charge is 0.169 e. The molecule has 0 atom stereocenters. The zero-order valence-electron chi connectivity index (χ0n) is 20.4. The third-order valence-corrected chi connectivity index (χ3v) is 9.02. The predicted octanol–water partition coefficient (Wildman–Crippen LogP) is 5.74. The first-order valence-corrected chi connectivity index (χ1v) is 13.9. The van der Waals surface area contributed by atoms with Crippen LogP contribution in [0.25, 0.3) is 11.1 Å². The van der Waals surface area contributed by atoms with E-state index in [1.54, 1.807) is 0 Å². The van der Waals surface area contributed by atoms with Crippen LogP contribution in [0.1, 0.15) is 18.4 Å². The number of aryl methyl sites for hydroxylation is 1. The molecule has 0 radical (unpaired) electrons. The van der Waals surface area contributed by atoms with Crippen LogP contribution in [0.5, 0.6) is 23.0 Å². The molecule has 5 heteroatoms. The van der Waals surface area contributed by atoms with Gasteiger partial charge in [0.15, 0.2) is 23.0 Å². The molecule has 0 saturated carbocycles. The van der Waals surface area contributed by atoms with Gasteiger partial charge in [-0.25, -0.2) is 0 Å². The van der Waals surface area contributed by atoms with Gasteiger partial charge in [-0.3, -0.25) is 0 Å². The zero-order valence-corrected chi connectivity index (χ0v) is 21.3. The largest absolute Gasteiger partial charge is 0.490 e. The van der Waals surface area contributed by atoms with Crippen LogP contribution in [0.4, 0.5) is 0 Å². The van der Waals surface area contributed by atoms with Crippen LogP contribution in [0, 0.1) is 6.92 Å². The van der Waals surface area contributed by atoms with Crippen molar-refractivity contribution in [2.45, 2.75) is 19.8 Å². The molecular weight excluding hydrogens is 467 g/mol. The lowest BCUT2D eigenvalue weighted by atomic mass is 9.97. The summed E-state index contributed by atoms with van der Waals surface area (Å²) in [5, 5.41) is 3.79. The average molecular weight is 497 g/mol. The highest BCUT2D eigenvalue weighted by Crippen LogP contribution is 2.51. The molecule has 0 aromatic heterocycles. The first-order chi connectivity index (χ1) is 17.8. The van der Waals surface area contributed by atoms with E-state index in [0.29, 0.717) is 26.4 Å². The van der Waals surface area contributed by atoms with E-state index in [0.717, 1.165) is 52.5 Å². The molecule has 4 aromatic carbocycles. The minimum atomic E-state index is -0.879. The van der Waals surface area contributed by atoms with E-state index < -0.39 is 7.92 Å². The lowest BCUT2D eigenvalue weighted by Gasteiger charge is -2.26. The van der Waals surface area contributed by atoms with E-state index in [2.05, 4.69) is 85.8 Å². The molecule has 4 nitrogen and oxygen atoms in total. The van der Waals surface area contributed by atoms with Gasteiger partial charge in [-0.15, -0.1) is 0 Å². The molecule has 182 valence electrons. The maximum atomic E-state index is 6.46. The van der Waals surface area contributed by atoms with Gasteiger partial charge in [-0.2, -0.15) is 0 Å². The molecule has 0 amide bonds. The van der Waals surface area contributed by atoms with E-state index in [9.17, 15) is 0 Å². The van der Waals surface area contributed by atoms with Gasteiger partial charge in [-0.1, -0.05) is 66.7 Å². The van der Waals surface area contributed by atoms with Crippen molar-refractivity contribution in [3.63, 3.8) is 0 Å². The molecule has 2 aliphatic heterocycles. The van der Waals surface area contributed by atoms with Crippen LogP contribution < -0.4 is 34.9 Å². The van der Waals surface area contributed by atoms with Crippen LogP contribution in [-0.2, 0) is 0 Å². The summed E-state index contributed by atoms with van der Waals surface area (Å²) in [5.41, 5.74) is 3.21. The highest BCUT2D eigenvalue weighted by Gasteiger charge is 2.30. The standard InChI is InChI=1S/C31H29O4P/c1-22-14-15-25-30(34-20-8-18-32-25)28(22)29-27(17-16-26-31(29)35-21-9-19-33-26)36(23-10-4-2-5-11-23)24-12-6-3-7-13-24/h2-7,10-17H,8-9,18-21H2,1H3. The third-order valence-electron chi connectivity index (χ3n) is 6.53. The average Bonchev–Trinajstić information content (AvgIpc) is 3.31. The second kappa shape index (κ2) is 10.2. The fourth-order valence-corrected chi connectivity index (χ4v) is 7.34. The fourth-order valence-electron chi connectivity index (χ4n) is 4.88. The molecule has 6 rings (SSSR count). The van der Waals surface area contributed by atoms with Crippen LogP contribution in [-0.4, -0.2) is 26.4 Å². The highest BCUT2D eigenvalue weighted by atomic mass is 31.1. The first kappa shape index (κ1) is 22.9. The predicted molar refractivity (Wildman–Crippen MR) is 147 cm³/mol. The fraction of sp³-hybridized carbons (Fsp3) is 0.226. The molecule has 2 heterocycles. The maximum Gasteiger partial charge on any atom is 0.169 e. The van der Waals surface area contributed by atoms with Gasteiger partial charge in [-0.05, 0) is 54.5 Å². The SMILES string of the molecule is Cc1ccc2c(c1-c1c(P(c3ccccc3)c3ccccc3)ccc3c1OCCCO3)OCCCO2. The van der Waals surface area contributed by atoms with Gasteiger partial charge >= 0.3 is 0 Å². The summed E-state index contributed by atoms with van der Waals surface area (Å²) >= 11 is 0. The summed E-state index contributed by atoms with van der Waals surface area (Å²) < 4.78 is 25.1. The van der Waals surface area contributed by atoms with E-state index in [1.807, 2.05) is 6.07 Å². The Kier molecular flexibility index (Phi) is 6.53. The van der Waals surface area contributed by atoms with Crippen molar-refractivity contribution in [1.82, 2.24) is 0 Å². The molecule has 0 aliphatic carbocycles. The quantitative estimate of drug-likeness (QED) is 0.338. The summed E-state index contributed by atoms with van der Waals surface area (Å²) in [5.74, 6) is 3.17. The van der Waals surface area contributed by atoms with Crippen molar-refractivity contribution in [3.8, 4) is 34.1 Å². The Morgan fingerprint density at radius 3 is 1.61 bits per heavy atom. The lowest BCUT2D eigenvalue weighted by molar-refractivity contribution is 0.296. The van der Waals surface area contributed by atoms with E-state index in [1.165, 1.54) is 15.9 Å². The maximum absolute atomic E-state index is 6.46. The van der Waals surface area contributed by atoms with Crippen LogP contribution in [0.15, 0.2) is 84.9 Å². The second-order valence-corrected chi connectivity index (χ2v) is 11.2. The number of hydrogen-bond donors (Lipinski definition) is 0. The normalized spacial score (nSPS) is 14.7. The summed E-state index contributed by atoms with van der Waals surface area (Å²) in [6.07, 6.45) is 1.70. The number of fused-ring (bicyclic) bond motifs is 2. The monoisotopic (exact) mass is 496 g/mol. The molecule has 2 aliphatic rings. The first-order valence-electron chi connectivity index (χ1n) is 12.5. The van der Waals surface area contributed by atoms with Gasteiger partial charge < -0.3 is 18.9 Å². The molecule has 0 bridgehead atoms. The Bertz CT molecular complexity index is 1310. The van der Waals surface area contributed by atoms with Crippen LogP contribution >= 0.6 is 7.92 Å². The van der Waals surface area contributed by atoms with Crippen LogP contribution in [0.2, 0.25) is 0 Å². The van der Waals surface area contributed by atoms with Crippen molar-refractivity contribution in [1.29, 1.82) is 0 Å². The van der Waals surface area contributed by atoms with Gasteiger partial charge in [0, 0.05) is 24.0 Å². The summed E-state index contributed by atoms with van der Waals surface area (Å²) in [6.45, 7) is 4.66. The Balaban J connectivity index is 1.68. The Hall–Kier alpha value is -3.49. The van der Waals surface area contributed by atoms with E-state index in [-0.39, 0.29) is 0 Å². The number of rotatable bonds is 4. The molecule has 4 aromatic rings. The second-order valence-electron chi connectivity index (χ2n) is 8.98. The highest BCUT2D eigenvalue weighted by molar-refractivity contribution is 7.80. The van der Waals surface area contributed by atoms with Gasteiger partial charge in [0.1, 0.15) is 0 Å². The topological polar surface area (TPSA) is 36.9 Å². The van der Waals surface area contributed by atoms with E-state index >= 15 is 0 Å². The molecule has 0 fully saturated rings. The Labute approximate surface area is 213 Å². The van der Waals surface area contributed by atoms with Crippen molar-refractivity contribution in [2.24, 2.45) is 0 Å². The number of benzene rings is 4. The van der Waals surface area contributed by atoms with E-state index in [4.69, 9.17) is 18.9 Å². The Morgan fingerprint density at radius 1 is 0.528 bits per heavy atom. The molecule has 0 spiro atoms. The minimum absolute atomic E-state index is 0.615. The summed E-state index contributed by atoms with van der Waals surface area (Å²) in [7, 11) is -0.879. The summed E-state index contributed by atoms with van der Waals surface area (Å²) in [6, 6.07) is 30.0. The molecule has 0 saturated heterocycles. The van der Waals surface area contributed by atoms with Gasteiger partial charge in [0.2, 0.25) is 0 Å². The minimum Gasteiger partial charge on any atom is -0.490 e. The molecule has 0 N–H and O–H groups in total. The van der Waals surface area contributed by atoms with Gasteiger partial charge in [0.25, 0.3) is 0 Å². The van der Waals surface area contributed by atoms with Crippen molar-refractivity contribution < 1.29 is 18.9 Å². The number of hydrogen-bond acceptors (Lipinski definition) is 4. The molecular formula is C31H29O4P. The number of ether oxygens (including phenoxy) is 4. The van der Waals surface area contributed by atoms with Crippen molar-refractivity contribution >= 4 is 23.8 Å².